The van der Waals surface area contributed by atoms with E-state index >= 15 is 0 Å². The van der Waals surface area contributed by atoms with Gasteiger partial charge in [0, 0.05) is 36.0 Å². The van der Waals surface area contributed by atoms with Crippen molar-refractivity contribution in [3.63, 3.8) is 0 Å². The minimum Gasteiger partial charge on any atom is -0.491 e. The molecule has 0 spiro atoms. The van der Waals surface area contributed by atoms with Crippen molar-refractivity contribution in [2.45, 2.75) is 52.1 Å². The predicted octanol–water partition coefficient (Wildman–Crippen LogP) is 3.56. The molecule has 2 aliphatic heterocycles. The fraction of sp³-hybridized carbons (Fsp3) is 0.500. The van der Waals surface area contributed by atoms with Gasteiger partial charge in [-0.1, -0.05) is 6.07 Å². The summed E-state index contributed by atoms with van der Waals surface area (Å²) in [6.45, 7) is 6.92. The molecule has 2 fully saturated rings. The van der Waals surface area contributed by atoms with Gasteiger partial charge in [0.2, 0.25) is 5.88 Å². The van der Waals surface area contributed by atoms with Crippen LogP contribution in [0.3, 0.4) is 0 Å². The van der Waals surface area contributed by atoms with Crippen molar-refractivity contribution in [2.75, 3.05) is 13.2 Å². The van der Waals surface area contributed by atoms with Crippen LogP contribution >= 0.6 is 0 Å². The van der Waals surface area contributed by atoms with E-state index in [1.807, 2.05) is 56.1 Å². The van der Waals surface area contributed by atoms with E-state index in [0.29, 0.717) is 36.5 Å². The van der Waals surface area contributed by atoms with Crippen molar-refractivity contribution in [3.8, 4) is 11.6 Å². The average molecular weight is 381 g/mol. The van der Waals surface area contributed by atoms with Crippen molar-refractivity contribution >= 4 is 5.91 Å². The largest absolute Gasteiger partial charge is 0.491 e. The van der Waals surface area contributed by atoms with E-state index in [4.69, 9.17) is 9.47 Å². The van der Waals surface area contributed by atoms with E-state index in [1.54, 1.807) is 0 Å². The number of carbonyl (C=O) groups is 1. The minimum absolute atomic E-state index is 0.0180. The molecule has 3 unspecified atom stereocenters. The summed E-state index contributed by atoms with van der Waals surface area (Å²) in [6, 6.07) is 8.08. The van der Waals surface area contributed by atoms with Crippen LogP contribution in [-0.4, -0.2) is 46.1 Å². The standard InChI is InChI=1S/C22H27N3O3/c1-4-27-19-9-6-15(3)24-21(19)22(26)25-17-7-8-18(25)16(11-17)13-28-20-10-5-14(2)12-23-20/h5-6,9-10,12,16-18H,4,7-8,11,13H2,1-3H3. The monoisotopic (exact) mass is 381 g/mol. The van der Waals surface area contributed by atoms with Crippen LogP contribution in [0.4, 0.5) is 0 Å². The topological polar surface area (TPSA) is 64.5 Å². The molecule has 6 heteroatoms. The van der Waals surface area contributed by atoms with Gasteiger partial charge < -0.3 is 14.4 Å². The highest BCUT2D eigenvalue weighted by molar-refractivity contribution is 5.96. The number of ether oxygens (including phenoxy) is 2. The molecule has 0 aromatic carbocycles. The number of pyridine rings is 2. The van der Waals surface area contributed by atoms with Gasteiger partial charge in [0.15, 0.2) is 11.4 Å². The Morgan fingerprint density at radius 3 is 2.79 bits per heavy atom. The van der Waals surface area contributed by atoms with Crippen LogP contribution in [0, 0.1) is 19.8 Å². The van der Waals surface area contributed by atoms with Crippen molar-refractivity contribution in [1.82, 2.24) is 14.9 Å². The fourth-order valence-corrected chi connectivity index (χ4v) is 4.43. The van der Waals surface area contributed by atoms with Gasteiger partial charge in [-0.3, -0.25) is 4.79 Å². The molecule has 2 bridgehead atoms. The molecule has 0 saturated carbocycles. The molecule has 0 N–H and O–H groups in total. The van der Waals surface area contributed by atoms with Gasteiger partial charge in [-0.05, 0) is 57.7 Å². The maximum Gasteiger partial charge on any atom is 0.276 e. The highest BCUT2D eigenvalue weighted by Gasteiger charge is 2.49. The van der Waals surface area contributed by atoms with E-state index in [2.05, 4.69) is 9.97 Å². The number of fused-ring (bicyclic) bond motifs is 2. The Kier molecular flexibility index (Phi) is 5.20. The number of nitrogens with zero attached hydrogens (tertiary/aromatic N) is 3. The van der Waals surface area contributed by atoms with Gasteiger partial charge in [0.1, 0.15) is 0 Å². The second kappa shape index (κ2) is 7.78. The molecule has 2 aliphatic rings. The van der Waals surface area contributed by atoms with Crippen LogP contribution in [-0.2, 0) is 0 Å². The first kappa shape index (κ1) is 18.7. The first-order valence-corrected chi connectivity index (χ1v) is 10.1. The lowest BCUT2D eigenvalue weighted by Gasteiger charge is -2.25. The van der Waals surface area contributed by atoms with Crippen LogP contribution < -0.4 is 9.47 Å². The molecule has 6 nitrogen and oxygen atoms in total. The van der Waals surface area contributed by atoms with E-state index in [-0.39, 0.29) is 18.0 Å². The SMILES string of the molecule is CCOc1ccc(C)nc1C(=O)N1C2CCC1C(COc1ccc(C)cn1)C2. The Morgan fingerprint density at radius 1 is 1.18 bits per heavy atom. The van der Waals surface area contributed by atoms with Crippen molar-refractivity contribution in [1.29, 1.82) is 0 Å². The molecule has 4 rings (SSSR count). The molecule has 3 atom stereocenters. The molecule has 2 aromatic rings. The zero-order chi connectivity index (χ0) is 19.7. The Hall–Kier alpha value is -2.63. The molecule has 148 valence electrons. The molecule has 0 radical (unpaired) electrons. The number of carbonyl (C=O) groups excluding carboxylic acids is 1. The maximum absolute atomic E-state index is 13.3. The number of aromatic nitrogens is 2. The van der Waals surface area contributed by atoms with Crippen LogP contribution in [0.15, 0.2) is 30.5 Å². The molecule has 4 heterocycles. The Bertz CT molecular complexity index is 853. The molecule has 2 saturated heterocycles. The molecule has 28 heavy (non-hydrogen) atoms. The lowest BCUT2D eigenvalue weighted by atomic mass is 9.90. The van der Waals surface area contributed by atoms with Gasteiger partial charge in [-0.25, -0.2) is 9.97 Å². The molecule has 0 aliphatic carbocycles. The van der Waals surface area contributed by atoms with Crippen molar-refractivity contribution < 1.29 is 14.3 Å². The van der Waals surface area contributed by atoms with Gasteiger partial charge in [0.05, 0.1) is 13.2 Å². The summed E-state index contributed by atoms with van der Waals surface area (Å²) in [7, 11) is 0. The zero-order valence-electron chi connectivity index (χ0n) is 16.7. The summed E-state index contributed by atoms with van der Waals surface area (Å²) in [6.07, 6.45) is 4.84. The fourth-order valence-electron chi connectivity index (χ4n) is 4.43. The van der Waals surface area contributed by atoms with E-state index < -0.39 is 0 Å². The highest BCUT2D eigenvalue weighted by atomic mass is 16.5. The lowest BCUT2D eigenvalue weighted by molar-refractivity contribution is 0.0699. The second-order valence-corrected chi connectivity index (χ2v) is 7.72. The summed E-state index contributed by atoms with van der Waals surface area (Å²) in [5.74, 6) is 1.52. The predicted molar refractivity (Wildman–Crippen MR) is 106 cm³/mol. The number of hydrogen-bond acceptors (Lipinski definition) is 5. The number of rotatable bonds is 6. The van der Waals surface area contributed by atoms with E-state index in [9.17, 15) is 4.79 Å². The second-order valence-electron chi connectivity index (χ2n) is 7.72. The average Bonchev–Trinajstić information content (AvgIpc) is 3.26. The summed E-state index contributed by atoms with van der Waals surface area (Å²) in [5, 5.41) is 0. The van der Waals surface area contributed by atoms with Crippen LogP contribution in [0.5, 0.6) is 11.6 Å². The first-order valence-electron chi connectivity index (χ1n) is 10.1. The van der Waals surface area contributed by atoms with Crippen molar-refractivity contribution in [2.24, 2.45) is 5.92 Å². The lowest BCUT2D eigenvalue weighted by Crippen LogP contribution is -2.38. The van der Waals surface area contributed by atoms with Gasteiger partial charge in [-0.2, -0.15) is 0 Å². The molecule has 2 aromatic heterocycles. The first-order chi connectivity index (χ1) is 13.6. The summed E-state index contributed by atoms with van der Waals surface area (Å²) >= 11 is 0. The number of hydrogen-bond donors (Lipinski definition) is 0. The van der Waals surface area contributed by atoms with E-state index in [1.165, 1.54) is 0 Å². The number of aryl methyl sites for hydroxylation is 2. The molecular formula is C22H27N3O3. The Morgan fingerprint density at radius 2 is 2.04 bits per heavy atom. The molecule has 1 amide bonds. The number of amides is 1. The Balaban J connectivity index is 1.48. The summed E-state index contributed by atoms with van der Waals surface area (Å²) < 4.78 is 11.6. The van der Waals surface area contributed by atoms with Gasteiger partial charge in [0.25, 0.3) is 5.91 Å². The van der Waals surface area contributed by atoms with Gasteiger partial charge >= 0.3 is 0 Å². The Labute approximate surface area is 165 Å². The third kappa shape index (κ3) is 3.55. The molecular weight excluding hydrogens is 354 g/mol. The zero-order valence-corrected chi connectivity index (χ0v) is 16.7. The van der Waals surface area contributed by atoms with E-state index in [0.717, 1.165) is 30.5 Å². The van der Waals surface area contributed by atoms with Gasteiger partial charge in [-0.15, -0.1) is 0 Å². The summed E-state index contributed by atoms with van der Waals surface area (Å²) in [5.41, 5.74) is 2.36. The quantitative estimate of drug-likeness (QED) is 0.765. The normalized spacial score (nSPS) is 23.1. The minimum atomic E-state index is -0.0180. The third-order valence-electron chi connectivity index (χ3n) is 5.73. The van der Waals surface area contributed by atoms with Crippen LogP contribution in [0.1, 0.15) is 47.9 Å². The van der Waals surface area contributed by atoms with Crippen LogP contribution in [0.2, 0.25) is 0 Å². The highest BCUT2D eigenvalue weighted by Crippen LogP contribution is 2.43. The third-order valence-corrected chi connectivity index (χ3v) is 5.73. The smallest absolute Gasteiger partial charge is 0.276 e. The van der Waals surface area contributed by atoms with Crippen molar-refractivity contribution in [3.05, 3.63) is 47.4 Å². The van der Waals surface area contributed by atoms with Crippen LogP contribution in [0.25, 0.3) is 0 Å². The maximum atomic E-state index is 13.3. The summed E-state index contributed by atoms with van der Waals surface area (Å²) in [4.78, 5) is 24.2.